The Morgan fingerprint density at radius 3 is 2.33 bits per heavy atom. The van der Waals surface area contributed by atoms with E-state index < -0.39 is 0 Å². The van der Waals surface area contributed by atoms with Gasteiger partial charge in [-0.05, 0) is 49.9 Å². The van der Waals surface area contributed by atoms with Gasteiger partial charge in [0.05, 0.1) is 7.11 Å². The molecule has 0 unspecified atom stereocenters. The lowest BCUT2D eigenvalue weighted by Crippen LogP contribution is -2.31. The van der Waals surface area contributed by atoms with Crippen molar-refractivity contribution in [3.05, 3.63) is 24.3 Å². The molecule has 116 valence electrons. The Hall–Kier alpha value is -1.51. The highest BCUT2D eigenvalue weighted by molar-refractivity contribution is 5.76. The molecule has 21 heavy (non-hydrogen) atoms. The Morgan fingerprint density at radius 2 is 1.81 bits per heavy atom. The molecule has 1 aliphatic rings. The minimum atomic E-state index is 0.258. The van der Waals surface area contributed by atoms with Crippen LogP contribution in [0.1, 0.15) is 51.9 Å². The number of Topliss-reactive ketones (excluding diaryl/α,β-unsaturated/α-hetero) is 1. The lowest BCUT2D eigenvalue weighted by Gasteiger charge is -2.27. The molecule has 0 bridgehead atoms. The highest BCUT2D eigenvalue weighted by atomic mass is 16.5. The third-order valence-corrected chi connectivity index (χ3v) is 4.42. The van der Waals surface area contributed by atoms with Crippen molar-refractivity contribution in [1.29, 1.82) is 0 Å². The Bertz CT molecular complexity index is 433. The fourth-order valence-electron chi connectivity index (χ4n) is 3.26. The number of benzene rings is 1. The maximum absolute atomic E-state index is 11.6. The van der Waals surface area contributed by atoms with Crippen LogP contribution in [0.2, 0.25) is 0 Å². The molecule has 0 spiro atoms. The van der Waals surface area contributed by atoms with E-state index in [1.807, 2.05) is 24.3 Å². The van der Waals surface area contributed by atoms with Crippen LogP contribution in [-0.4, -0.2) is 18.9 Å². The second-order valence-corrected chi connectivity index (χ2v) is 6.14. The molecule has 1 fully saturated rings. The first-order valence-corrected chi connectivity index (χ1v) is 8.09. The van der Waals surface area contributed by atoms with E-state index in [1.165, 1.54) is 38.5 Å². The van der Waals surface area contributed by atoms with Gasteiger partial charge in [0.15, 0.2) is 0 Å². The van der Waals surface area contributed by atoms with E-state index in [-0.39, 0.29) is 11.8 Å². The molecule has 3 nitrogen and oxygen atoms in total. The molecule has 1 aliphatic carbocycles. The van der Waals surface area contributed by atoms with Gasteiger partial charge in [0.1, 0.15) is 11.5 Å². The van der Waals surface area contributed by atoms with E-state index in [9.17, 15) is 4.79 Å². The van der Waals surface area contributed by atoms with Crippen molar-refractivity contribution >= 4 is 11.5 Å². The molecule has 1 N–H and O–H groups in total. The zero-order chi connectivity index (χ0) is 15.1. The van der Waals surface area contributed by atoms with Crippen molar-refractivity contribution in [2.75, 3.05) is 12.4 Å². The van der Waals surface area contributed by atoms with Gasteiger partial charge in [-0.2, -0.15) is 0 Å². The molecule has 0 aliphatic heterocycles. The van der Waals surface area contributed by atoms with Crippen LogP contribution in [0.25, 0.3) is 0 Å². The Labute approximate surface area is 128 Å². The molecule has 1 aromatic rings. The highest BCUT2D eigenvalue weighted by Gasteiger charge is 2.23. The highest BCUT2D eigenvalue weighted by Crippen LogP contribution is 2.29. The third kappa shape index (κ3) is 5.07. The second kappa shape index (κ2) is 8.06. The molecule has 0 aromatic heterocycles. The summed E-state index contributed by atoms with van der Waals surface area (Å²) < 4.78 is 5.19. The molecule has 1 atom stereocenters. The number of carbonyl (C=O) groups is 1. The van der Waals surface area contributed by atoms with Gasteiger partial charge in [0.25, 0.3) is 0 Å². The predicted molar refractivity (Wildman–Crippen MR) is 86.9 cm³/mol. The molecule has 2 rings (SSSR count). The van der Waals surface area contributed by atoms with E-state index in [0.717, 1.165) is 11.4 Å². The number of hydrogen-bond acceptors (Lipinski definition) is 3. The molecule has 1 aromatic carbocycles. The fraction of sp³-hybridized carbons (Fsp3) is 0.611. The van der Waals surface area contributed by atoms with Crippen LogP contribution in [0.15, 0.2) is 24.3 Å². The molecular formula is C18H27NO2. The number of methoxy groups -OCH3 is 1. The van der Waals surface area contributed by atoms with Gasteiger partial charge in [-0.3, -0.25) is 4.79 Å². The summed E-state index contributed by atoms with van der Waals surface area (Å²) in [6.07, 6.45) is 8.36. The maximum atomic E-state index is 11.6. The largest absolute Gasteiger partial charge is 0.497 e. The van der Waals surface area contributed by atoms with Crippen LogP contribution in [-0.2, 0) is 4.79 Å². The third-order valence-electron chi connectivity index (χ3n) is 4.42. The van der Waals surface area contributed by atoms with Crippen molar-refractivity contribution in [1.82, 2.24) is 0 Å². The summed E-state index contributed by atoms with van der Waals surface area (Å²) in [5.74, 6) is 1.74. The second-order valence-electron chi connectivity index (χ2n) is 6.14. The summed E-state index contributed by atoms with van der Waals surface area (Å²) in [4.78, 5) is 11.6. The summed E-state index contributed by atoms with van der Waals surface area (Å²) in [5, 5.41) is 3.58. The van der Waals surface area contributed by atoms with Crippen molar-refractivity contribution in [3.8, 4) is 5.75 Å². The Morgan fingerprint density at radius 1 is 1.19 bits per heavy atom. The van der Waals surface area contributed by atoms with Crippen LogP contribution in [0.3, 0.4) is 0 Å². The number of carbonyl (C=O) groups excluding carboxylic acids is 1. The van der Waals surface area contributed by atoms with E-state index >= 15 is 0 Å². The molecule has 0 saturated heterocycles. The van der Waals surface area contributed by atoms with Crippen LogP contribution in [0.5, 0.6) is 5.75 Å². The summed E-state index contributed by atoms with van der Waals surface area (Å²) in [5.41, 5.74) is 1.08. The van der Waals surface area contributed by atoms with Gasteiger partial charge in [-0.1, -0.05) is 25.7 Å². The minimum Gasteiger partial charge on any atom is -0.497 e. The van der Waals surface area contributed by atoms with E-state index in [0.29, 0.717) is 12.3 Å². The average Bonchev–Trinajstić information content (AvgIpc) is 2.76. The first-order valence-electron chi connectivity index (χ1n) is 8.09. The van der Waals surface area contributed by atoms with Crippen LogP contribution < -0.4 is 10.1 Å². The number of ketones is 1. The Balaban J connectivity index is 2.05. The number of anilines is 1. The molecule has 0 heterocycles. The Kier molecular flexibility index (Phi) is 6.09. The van der Waals surface area contributed by atoms with Gasteiger partial charge >= 0.3 is 0 Å². The summed E-state index contributed by atoms with van der Waals surface area (Å²) in [7, 11) is 1.67. The molecular weight excluding hydrogens is 262 g/mol. The average molecular weight is 289 g/mol. The van der Waals surface area contributed by atoms with Gasteiger partial charge in [0.2, 0.25) is 0 Å². The van der Waals surface area contributed by atoms with Crippen LogP contribution in [0, 0.1) is 5.92 Å². The predicted octanol–water partition coefficient (Wildman–Crippen LogP) is 4.43. The number of hydrogen-bond donors (Lipinski definition) is 1. The van der Waals surface area contributed by atoms with Gasteiger partial charge < -0.3 is 10.1 Å². The zero-order valence-corrected chi connectivity index (χ0v) is 13.2. The molecule has 1 saturated carbocycles. The minimum absolute atomic E-state index is 0.258. The molecule has 3 heteroatoms. The lowest BCUT2D eigenvalue weighted by atomic mass is 9.88. The topological polar surface area (TPSA) is 38.3 Å². The smallest absolute Gasteiger partial charge is 0.131 e. The maximum Gasteiger partial charge on any atom is 0.131 e. The quantitative estimate of drug-likeness (QED) is 0.788. The fourth-order valence-corrected chi connectivity index (χ4v) is 3.26. The van der Waals surface area contributed by atoms with Crippen molar-refractivity contribution < 1.29 is 9.53 Å². The van der Waals surface area contributed by atoms with E-state index in [1.54, 1.807) is 14.0 Å². The zero-order valence-electron chi connectivity index (χ0n) is 13.2. The first-order chi connectivity index (χ1) is 10.2. The van der Waals surface area contributed by atoms with E-state index in [4.69, 9.17) is 4.74 Å². The van der Waals surface area contributed by atoms with Crippen molar-refractivity contribution in [3.63, 3.8) is 0 Å². The lowest BCUT2D eigenvalue weighted by molar-refractivity contribution is -0.117. The van der Waals surface area contributed by atoms with Gasteiger partial charge in [0, 0.05) is 18.2 Å². The van der Waals surface area contributed by atoms with E-state index in [2.05, 4.69) is 5.32 Å². The SMILES string of the molecule is COc1ccc(N[C@@H](CC(C)=O)C2CCCCCC2)cc1. The van der Waals surface area contributed by atoms with Crippen LogP contribution in [0.4, 0.5) is 5.69 Å². The normalized spacial score (nSPS) is 17.8. The van der Waals surface area contributed by atoms with Crippen molar-refractivity contribution in [2.24, 2.45) is 5.92 Å². The molecule has 0 radical (unpaired) electrons. The number of ether oxygens (including phenoxy) is 1. The van der Waals surface area contributed by atoms with Gasteiger partial charge in [-0.15, -0.1) is 0 Å². The van der Waals surface area contributed by atoms with Crippen LogP contribution >= 0.6 is 0 Å². The summed E-state index contributed by atoms with van der Waals surface area (Å²) in [6.45, 7) is 1.69. The number of rotatable bonds is 6. The first kappa shape index (κ1) is 15.9. The monoisotopic (exact) mass is 289 g/mol. The van der Waals surface area contributed by atoms with Gasteiger partial charge in [-0.25, -0.2) is 0 Å². The van der Waals surface area contributed by atoms with Crippen molar-refractivity contribution in [2.45, 2.75) is 57.9 Å². The summed E-state index contributed by atoms with van der Waals surface area (Å²) in [6, 6.07) is 8.24. The summed E-state index contributed by atoms with van der Waals surface area (Å²) >= 11 is 0. The molecule has 0 amide bonds. The standard InChI is InChI=1S/C18H27NO2/c1-14(20)13-18(15-7-5-3-4-6-8-15)19-16-9-11-17(21-2)12-10-16/h9-12,15,18-19H,3-8,13H2,1-2H3/t18-/m0/s1. The number of nitrogens with one attached hydrogen (secondary N) is 1.